The predicted octanol–water partition coefficient (Wildman–Crippen LogP) is 2.44. The number of carbonyl (C=O) groups excluding carboxylic acids is 2. The Balaban J connectivity index is 2.60. The highest BCUT2D eigenvalue weighted by Gasteiger charge is 2.28. The fourth-order valence-corrected chi connectivity index (χ4v) is 2.54. The van der Waals surface area contributed by atoms with E-state index >= 15 is 0 Å². The fraction of sp³-hybridized carbons (Fsp3) is 0.500. The van der Waals surface area contributed by atoms with E-state index < -0.39 is 17.9 Å². The number of aliphatic carboxylic acids is 1. The van der Waals surface area contributed by atoms with E-state index in [2.05, 4.69) is 24.5 Å². The summed E-state index contributed by atoms with van der Waals surface area (Å²) in [6.45, 7) is 7.61. The van der Waals surface area contributed by atoms with Crippen LogP contribution in [0.25, 0.3) is 0 Å². The van der Waals surface area contributed by atoms with Crippen molar-refractivity contribution in [1.82, 2.24) is 5.32 Å². The van der Waals surface area contributed by atoms with E-state index in [4.69, 9.17) is 5.11 Å². The second-order valence-corrected chi connectivity index (χ2v) is 6.98. The third kappa shape index (κ3) is 6.81. The lowest BCUT2D eigenvalue weighted by molar-refractivity contribution is -0.137. The first-order chi connectivity index (χ1) is 11.1. The molecular formula is C18H26N2O4. The zero-order valence-electron chi connectivity index (χ0n) is 14.7. The Kier molecular flexibility index (Phi) is 6.95. The second-order valence-electron chi connectivity index (χ2n) is 6.98. The van der Waals surface area contributed by atoms with Crippen molar-refractivity contribution in [2.24, 2.45) is 11.3 Å². The molecule has 1 aromatic carbocycles. The van der Waals surface area contributed by atoms with E-state index in [9.17, 15) is 14.4 Å². The number of rotatable bonds is 8. The van der Waals surface area contributed by atoms with Crippen LogP contribution in [0.4, 0.5) is 5.69 Å². The molecule has 0 aliphatic heterocycles. The van der Waals surface area contributed by atoms with Gasteiger partial charge in [-0.15, -0.1) is 0 Å². The molecule has 3 N–H and O–H groups in total. The number of hydrogen-bond acceptors (Lipinski definition) is 3. The molecule has 6 heteroatoms. The quantitative estimate of drug-likeness (QED) is 0.680. The summed E-state index contributed by atoms with van der Waals surface area (Å²) in [5.41, 5.74) is 0.965. The summed E-state index contributed by atoms with van der Waals surface area (Å²) in [4.78, 5) is 34.3. The Morgan fingerprint density at radius 3 is 2.21 bits per heavy atom. The van der Waals surface area contributed by atoms with Crippen molar-refractivity contribution < 1.29 is 19.5 Å². The van der Waals surface area contributed by atoms with E-state index in [-0.39, 0.29) is 18.2 Å². The summed E-state index contributed by atoms with van der Waals surface area (Å²) in [7, 11) is 0. The number of benzene rings is 1. The average Bonchev–Trinajstić information content (AvgIpc) is 2.45. The summed E-state index contributed by atoms with van der Waals surface area (Å²) < 4.78 is 0. The van der Waals surface area contributed by atoms with Crippen molar-refractivity contribution in [3.63, 3.8) is 0 Å². The van der Waals surface area contributed by atoms with Gasteiger partial charge in [0.2, 0.25) is 11.8 Å². The standard InChI is InChI=1S/C18H26N2O4/c1-12(2)10-18(3,4)17(24)20-14-7-5-13(6-8-14)9-15(21)19-11-16(22)23/h5-8,12H,9-11H2,1-4H3,(H,19,21)(H,20,24)(H,22,23). The lowest BCUT2D eigenvalue weighted by Crippen LogP contribution is -2.32. The van der Waals surface area contributed by atoms with Gasteiger partial charge in [0.1, 0.15) is 6.54 Å². The smallest absolute Gasteiger partial charge is 0.322 e. The molecule has 0 radical (unpaired) electrons. The predicted molar refractivity (Wildman–Crippen MR) is 92.7 cm³/mol. The van der Waals surface area contributed by atoms with Crippen LogP contribution in [0, 0.1) is 11.3 Å². The van der Waals surface area contributed by atoms with Gasteiger partial charge in [0.25, 0.3) is 0 Å². The van der Waals surface area contributed by atoms with Crippen LogP contribution in [0.3, 0.4) is 0 Å². The minimum absolute atomic E-state index is 0.0387. The number of carbonyl (C=O) groups is 3. The van der Waals surface area contributed by atoms with Crippen molar-refractivity contribution in [3.8, 4) is 0 Å². The monoisotopic (exact) mass is 334 g/mol. The third-order valence-electron chi connectivity index (χ3n) is 3.55. The molecule has 0 spiro atoms. The molecular weight excluding hydrogens is 308 g/mol. The number of carboxylic acid groups (broad SMARTS) is 1. The maximum absolute atomic E-state index is 12.4. The van der Waals surface area contributed by atoms with Crippen LogP contribution < -0.4 is 10.6 Å². The first kappa shape index (κ1) is 19.7. The second kappa shape index (κ2) is 8.47. The largest absolute Gasteiger partial charge is 0.480 e. The molecule has 0 heterocycles. The maximum atomic E-state index is 12.4. The topological polar surface area (TPSA) is 95.5 Å². The van der Waals surface area contributed by atoms with Crippen LogP contribution in [0.15, 0.2) is 24.3 Å². The Bertz CT molecular complexity index is 592. The molecule has 0 bridgehead atoms. The molecule has 24 heavy (non-hydrogen) atoms. The van der Waals surface area contributed by atoms with E-state index in [1.165, 1.54) is 0 Å². The van der Waals surface area contributed by atoms with Crippen LogP contribution in [0.5, 0.6) is 0 Å². The first-order valence-corrected chi connectivity index (χ1v) is 7.99. The van der Waals surface area contributed by atoms with E-state index in [0.717, 1.165) is 12.0 Å². The van der Waals surface area contributed by atoms with Crippen LogP contribution in [-0.2, 0) is 20.8 Å². The molecule has 0 aliphatic rings. The van der Waals surface area contributed by atoms with Gasteiger partial charge >= 0.3 is 5.97 Å². The van der Waals surface area contributed by atoms with Crippen molar-refractivity contribution >= 4 is 23.5 Å². The molecule has 2 amide bonds. The molecule has 0 fully saturated rings. The zero-order valence-corrected chi connectivity index (χ0v) is 14.7. The highest BCUT2D eigenvalue weighted by atomic mass is 16.4. The normalized spacial score (nSPS) is 11.2. The maximum Gasteiger partial charge on any atom is 0.322 e. The minimum Gasteiger partial charge on any atom is -0.480 e. The third-order valence-corrected chi connectivity index (χ3v) is 3.55. The first-order valence-electron chi connectivity index (χ1n) is 7.99. The van der Waals surface area contributed by atoms with Gasteiger partial charge in [-0.25, -0.2) is 0 Å². The molecule has 0 aromatic heterocycles. The minimum atomic E-state index is -1.08. The molecule has 0 aliphatic carbocycles. The number of hydrogen-bond donors (Lipinski definition) is 3. The fourth-order valence-electron chi connectivity index (χ4n) is 2.54. The van der Waals surface area contributed by atoms with Gasteiger partial charge in [-0.2, -0.15) is 0 Å². The number of carboxylic acids is 1. The summed E-state index contributed by atoms with van der Waals surface area (Å²) in [5.74, 6) is -1.04. The summed E-state index contributed by atoms with van der Waals surface area (Å²) >= 11 is 0. The lowest BCUT2D eigenvalue weighted by Gasteiger charge is -2.25. The molecule has 1 rings (SSSR count). The Morgan fingerprint density at radius 2 is 1.71 bits per heavy atom. The van der Waals surface area contributed by atoms with E-state index in [1.54, 1.807) is 24.3 Å². The molecule has 6 nitrogen and oxygen atoms in total. The SMILES string of the molecule is CC(C)CC(C)(C)C(=O)Nc1ccc(CC(=O)NCC(=O)O)cc1. The molecule has 1 aromatic rings. The Labute approximate surface area is 142 Å². The van der Waals surface area contributed by atoms with Crippen LogP contribution >= 0.6 is 0 Å². The molecule has 0 unspecified atom stereocenters. The summed E-state index contributed by atoms with van der Waals surface area (Å²) in [6, 6.07) is 6.96. The highest BCUT2D eigenvalue weighted by Crippen LogP contribution is 2.27. The molecule has 0 atom stereocenters. The lowest BCUT2D eigenvalue weighted by atomic mass is 9.83. The molecule has 0 saturated carbocycles. The Hall–Kier alpha value is -2.37. The summed E-state index contributed by atoms with van der Waals surface area (Å²) in [5, 5.41) is 13.7. The number of anilines is 1. The number of amides is 2. The van der Waals surface area contributed by atoms with E-state index in [1.807, 2.05) is 13.8 Å². The van der Waals surface area contributed by atoms with Crippen LogP contribution in [-0.4, -0.2) is 29.4 Å². The Morgan fingerprint density at radius 1 is 1.12 bits per heavy atom. The van der Waals surface area contributed by atoms with Gasteiger partial charge < -0.3 is 15.7 Å². The van der Waals surface area contributed by atoms with Crippen molar-refractivity contribution in [1.29, 1.82) is 0 Å². The molecule has 132 valence electrons. The van der Waals surface area contributed by atoms with Gasteiger partial charge in [0, 0.05) is 11.1 Å². The molecule has 0 saturated heterocycles. The summed E-state index contributed by atoms with van der Waals surface area (Å²) in [6.07, 6.45) is 0.890. The van der Waals surface area contributed by atoms with Crippen LogP contribution in [0.2, 0.25) is 0 Å². The van der Waals surface area contributed by atoms with Crippen molar-refractivity contribution in [3.05, 3.63) is 29.8 Å². The van der Waals surface area contributed by atoms with Crippen molar-refractivity contribution in [2.45, 2.75) is 40.5 Å². The van der Waals surface area contributed by atoms with Gasteiger partial charge in [-0.05, 0) is 30.0 Å². The zero-order chi connectivity index (χ0) is 18.3. The van der Waals surface area contributed by atoms with Gasteiger partial charge in [-0.1, -0.05) is 39.8 Å². The number of nitrogens with one attached hydrogen (secondary N) is 2. The van der Waals surface area contributed by atoms with Gasteiger partial charge in [-0.3, -0.25) is 14.4 Å². The van der Waals surface area contributed by atoms with Gasteiger partial charge in [0.15, 0.2) is 0 Å². The highest BCUT2D eigenvalue weighted by molar-refractivity contribution is 5.94. The van der Waals surface area contributed by atoms with Gasteiger partial charge in [0.05, 0.1) is 6.42 Å². The van der Waals surface area contributed by atoms with E-state index in [0.29, 0.717) is 11.6 Å². The van der Waals surface area contributed by atoms with Crippen molar-refractivity contribution in [2.75, 3.05) is 11.9 Å². The average molecular weight is 334 g/mol. The van der Waals surface area contributed by atoms with Crippen LogP contribution in [0.1, 0.15) is 39.7 Å².